The highest BCUT2D eigenvalue weighted by molar-refractivity contribution is 6.42. The van der Waals surface area contributed by atoms with E-state index in [1.165, 1.54) is 4.57 Å². The fourth-order valence-electron chi connectivity index (χ4n) is 3.20. The van der Waals surface area contributed by atoms with E-state index in [1.807, 2.05) is 6.07 Å². The van der Waals surface area contributed by atoms with Crippen molar-refractivity contribution >= 4 is 34.8 Å². The maximum atomic E-state index is 12.8. The second-order valence-corrected chi connectivity index (χ2v) is 7.40. The molecule has 1 N–H and O–H groups in total. The van der Waals surface area contributed by atoms with Crippen LogP contribution in [0.15, 0.2) is 41.3 Å². The van der Waals surface area contributed by atoms with Crippen LogP contribution in [0.1, 0.15) is 24.8 Å². The molecule has 1 atom stereocenters. The second-order valence-electron chi connectivity index (χ2n) is 6.58. The highest BCUT2D eigenvalue weighted by Gasteiger charge is 2.28. The molecular formula is C19H21Cl2N3O2. The number of amides is 1. The summed E-state index contributed by atoms with van der Waals surface area (Å²) in [6.45, 7) is 1.41. The predicted molar refractivity (Wildman–Crippen MR) is 105 cm³/mol. The molecule has 1 amide bonds. The van der Waals surface area contributed by atoms with Crippen LogP contribution in [-0.4, -0.2) is 28.0 Å². The molecule has 0 aliphatic carbocycles. The van der Waals surface area contributed by atoms with E-state index in [1.54, 1.807) is 37.5 Å². The van der Waals surface area contributed by atoms with E-state index >= 15 is 0 Å². The maximum Gasteiger partial charge on any atom is 0.250 e. The molecule has 0 radical (unpaired) electrons. The van der Waals surface area contributed by atoms with Gasteiger partial charge in [0.15, 0.2) is 0 Å². The fourth-order valence-corrected chi connectivity index (χ4v) is 3.50. The Bertz CT molecular complexity index is 866. The van der Waals surface area contributed by atoms with Crippen molar-refractivity contribution in [2.24, 2.45) is 7.05 Å². The molecule has 2 aromatic rings. The number of hydrogen-bond acceptors (Lipinski definition) is 3. The number of nitrogens with zero attached hydrogens (tertiary/aromatic N) is 2. The zero-order valence-corrected chi connectivity index (χ0v) is 16.1. The monoisotopic (exact) mass is 393 g/mol. The molecule has 0 spiro atoms. The fraction of sp³-hybridized carbons (Fsp3) is 0.368. The minimum Gasteiger partial charge on any atom is -0.325 e. The lowest BCUT2D eigenvalue weighted by molar-refractivity contribution is -0.122. The second kappa shape index (κ2) is 8.25. The number of nitrogens with one attached hydrogen (secondary N) is 1. The average molecular weight is 394 g/mol. The highest BCUT2D eigenvalue weighted by Crippen LogP contribution is 2.26. The first-order chi connectivity index (χ1) is 12.4. The first-order valence-corrected chi connectivity index (χ1v) is 9.35. The summed E-state index contributed by atoms with van der Waals surface area (Å²) in [6, 6.07) is 8.36. The van der Waals surface area contributed by atoms with Crippen molar-refractivity contribution in [3.8, 4) is 0 Å². The van der Waals surface area contributed by atoms with E-state index in [2.05, 4.69) is 10.2 Å². The third-order valence-electron chi connectivity index (χ3n) is 4.66. The van der Waals surface area contributed by atoms with Gasteiger partial charge in [0.2, 0.25) is 5.91 Å². The van der Waals surface area contributed by atoms with Gasteiger partial charge in [-0.2, -0.15) is 0 Å². The van der Waals surface area contributed by atoms with E-state index in [0.717, 1.165) is 31.4 Å². The first kappa shape index (κ1) is 19.0. The molecule has 0 bridgehead atoms. The molecule has 7 heteroatoms. The van der Waals surface area contributed by atoms with E-state index in [4.69, 9.17) is 23.2 Å². The van der Waals surface area contributed by atoms with Crippen LogP contribution >= 0.6 is 23.2 Å². The summed E-state index contributed by atoms with van der Waals surface area (Å²) in [5.41, 5.74) is 1.50. The number of anilines is 1. The summed E-state index contributed by atoms with van der Waals surface area (Å²) in [7, 11) is 1.72. The molecule has 1 aliphatic rings. The molecule has 1 saturated heterocycles. The van der Waals surface area contributed by atoms with Crippen LogP contribution in [0, 0.1) is 0 Å². The SMILES string of the molecule is Cn1ccc(CN2CCCCC2C(=O)Nc2ccc(Cl)c(Cl)c2)cc1=O. The normalized spacial score (nSPS) is 17.9. The van der Waals surface area contributed by atoms with Gasteiger partial charge in [-0.25, -0.2) is 0 Å². The van der Waals surface area contributed by atoms with Gasteiger partial charge in [-0.1, -0.05) is 29.6 Å². The van der Waals surface area contributed by atoms with E-state index in [-0.39, 0.29) is 17.5 Å². The number of aromatic nitrogens is 1. The lowest BCUT2D eigenvalue weighted by Gasteiger charge is -2.34. The van der Waals surface area contributed by atoms with Crippen LogP contribution in [0.2, 0.25) is 10.0 Å². The minimum atomic E-state index is -0.234. The third-order valence-corrected chi connectivity index (χ3v) is 5.40. The molecule has 1 aromatic carbocycles. The number of likely N-dealkylation sites (tertiary alicyclic amines) is 1. The van der Waals surface area contributed by atoms with E-state index in [0.29, 0.717) is 22.3 Å². The Morgan fingerprint density at radius 3 is 2.73 bits per heavy atom. The lowest BCUT2D eigenvalue weighted by atomic mass is 10.0. The van der Waals surface area contributed by atoms with E-state index in [9.17, 15) is 9.59 Å². The first-order valence-electron chi connectivity index (χ1n) is 8.59. The summed E-state index contributed by atoms with van der Waals surface area (Å²) < 4.78 is 1.54. The molecule has 1 aliphatic heterocycles. The number of rotatable bonds is 4. The van der Waals surface area contributed by atoms with Crippen LogP contribution < -0.4 is 10.9 Å². The number of piperidine rings is 1. The summed E-state index contributed by atoms with van der Waals surface area (Å²) in [5, 5.41) is 3.79. The van der Waals surface area contributed by atoms with Gasteiger partial charge >= 0.3 is 0 Å². The van der Waals surface area contributed by atoms with Crippen molar-refractivity contribution in [2.45, 2.75) is 31.8 Å². The summed E-state index contributed by atoms with van der Waals surface area (Å²) in [4.78, 5) is 26.8. The van der Waals surface area contributed by atoms with E-state index < -0.39 is 0 Å². The average Bonchev–Trinajstić information content (AvgIpc) is 2.62. The predicted octanol–water partition coefficient (Wildman–Crippen LogP) is 3.69. The Hall–Kier alpha value is -1.82. The summed E-state index contributed by atoms with van der Waals surface area (Å²) in [6.07, 6.45) is 4.60. The zero-order chi connectivity index (χ0) is 18.7. The number of benzene rings is 1. The van der Waals surface area contributed by atoms with Crippen molar-refractivity contribution < 1.29 is 4.79 Å². The smallest absolute Gasteiger partial charge is 0.250 e. The van der Waals surface area contributed by atoms with Crippen LogP contribution in [0.5, 0.6) is 0 Å². The molecular weight excluding hydrogens is 373 g/mol. The Morgan fingerprint density at radius 2 is 2.00 bits per heavy atom. The Morgan fingerprint density at radius 1 is 1.19 bits per heavy atom. The summed E-state index contributed by atoms with van der Waals surface area (Å²) in [5.74, 6) is -0.0630. The quantitative estimate of drug-likeness (QED) is 0.861. The molecule has 3 rings (SSSR count). The van der Waals surface area contributed by atoms with Gasteiger partial charge in [0.05, 0.1) is 16.1 Å². The molecule has 0 saturated carbocycles. The van der Waals surface area contributed by atoms with Gasteiger partial charge in [-0.05, 0) is 49.2 Å². The number of aryl methyl sites for hydroxylation is 1. The lowest BCUT2D eigenvalue weighted by Crippen LogP contribution is -2.46. The van der Waals surface area contributed by atoms with Crippen LogP contribution in [0.3, 0.4) is 0 Å². The molecule has 138 valence electrons. The Balaban J connectivity index is 1.72. The van der Waals surface area contributed by atoms with Gasteiger partial charge in [0.25, 0.3) is 5.56 Å². The van der Waals surface area contributed by atoms with Gasteiger partial charge in [0.1, 0.15) is 0 Å². The number of halogens is 2. The molecule has 5 nitrogen and oxygen atoms in total. The number of hydrogen-bond donors (Lipinski definition) is 1. The largest absolute Gasteiger partial charge is 0.325 e. The highest BCUT2D eigenvalue weighted by atomic mass is 35.5. The zero-order valence-electron chi connectivity index (χ0n) is 14.5. The molecule has 1 fully saturated rings. The van der Waals surface area contributed by atoms with Gasteiger partial charge in [-0.3, -0.25) is 14.5 Å². The third kappa shape index (κ3) is 4.47. The standard InChI is InChI=1S/C19H21Cl2N3O2/c1-23-9-7-13(10-18(23)25)12-24-8-3-2-4-17(24)19(26)22-14-5-6-15(20)16(21)11-14/h5-7,9-11,17H,2-4,8,12H2,1H3,(H,22,26). The maximum absolute atomic E-state index is 12.8. The number of carbonyl (C=O) groups excluding carboxylic acids is 1. The van der Waals surface area contributed by atoms with Crippen molar-refractivity contribution in [3.05, 3.63) is 62.5 Å². The molecule has 2 heterocycles. The molecule has 1 aromatic heterocycles. The van der Waals surface area contributed by atoms with Crippen LogP contribution in [0.25, 0.3) is 0 Å². The minimum absolute atomic E-state index is 0.0451. The van der Waals surface area contributed by atoms with Crippen molar-refractivity contribution in [3.63, 3.8) is 0 Å². The van der Waals surface area contributed by atoms with Crippen molar-refractivity contribution in [1.82, 2.24) is 9.47 Å². The number of pyridine rings is 1. The Kier molecular flexibility index (Phi) is 6.01. The molecule has 1 unspecified atom stereocenters. The van der Waals surface area contributed by atoms with Crippen LogP contribution in [-0.2, 0) is 18.4 Å². The van der Waals surface area contributed by atoms with Gasteiger partial charge in [-0.15, -0.1) is 0 Å². The van der Waals surface area contributed by atoms with Gasteiger partial charge in [0, 0.05) is 31.5 Å². The Labute approximate surface area is 162 Å². The van der Waals surface area contributed by atoms with Crippen LogP contribution in [0.4, 0.5) is 5.69 Å². The number of carbonyl (C=O) groups is 1. The summed E-state index contributed by atoms with van der Waals surface area (Å²) >= 11 is 11.9. The molecule has 26 heavy (non-hydrogen) atoms. The topological polar surface area (TPSA) is 54.3 Å². The van der Waals surface area contributed by atoms with Crippen molar-refractivity contribution in [2.75, 3.05) is 11.9 Å². The van der Waals surface area contributed by atoms with Crippen molar-refractivity contribution in [1.29, 1.82) is 0 Å². The van der Waals surface area contributed by atoms with Gasteiger partial charge < -0.3 is 9.88 Å².